The van der Waals surface area contributed by atoms with Crippen molar-refractivity contribution in [3.05, 3.63) is 83.9 Å². The summed E-state index contributed by atoms with van der Waals surface area (Å²) in [6, 6.07) is 23.2. The standard InChI is InChI=1S/C21H17NO3/c23-21(22-13-15-4-2-1-3-5-15)17-8-6-16(7-9-17)18-10-11-19-20(12-18)25-14-24-19/h1-12H,13-14H2,(H,22,23). The second kappa shape index (κ2) is 6.69. The summed E-state index contributed by atoms with van der Waals surface area (Å²) in [6.45, 7) is 0.781. The Hall–Kier alpha value is -3.27. The van der Waals surface area contributed by atoms with Crippen molar-refractivity contribution in [2.45, 2.75) is 6.54 Å². The third-order valence-corrected chi connectivity index (χ3v) is 4.15. The van der Waals surface area contributed by atoms with Gasteiger partial charge in [-0.05, 0) is 41.0 Å². The van der Waals surface area contributed by atoms with E-state index in [0.29, 0.717) is 12.1 Å². The third kappa shape index (κ3) is 3.33. The number of ether oxygens (including phenoxy) is 2. The largest absolute Gasteiger partial charge is 0.454 e. The van der Waals surface area contributed by atoms with Crippen molar-refractivity contribution in [1.82, 2.24) is 5.32 Å². The molecule has 0 atom stereocenters. The van der Waals surface area contributed by atoms with Crippen molar-refractivity contribution in [2.75, 3.05) is 6.79 Å². The molecular formula is C21H17NO3. The minimum absolute atomic E-state index is 0.0823. The van der Waals surface area contributed by atoms with E-state index in [-0.39, 0.29) is 12.7 Å². The van der Waals surface area contributed by atoms with Crippen LogP contribution in [0.4, 0.5) is 0 Å². The molecule has 3 aromatic rings. The SMILES string of the molecule is O=C(NCc1ccccc1)c1ccc(-c2ccc3c(c2)OCO3)cc1. The van der Waals surface area contributed by atoms with Crippen LogP contribution in [0.5, 0.6) is 11.5 Å². The Morgan fingerprint density at radius 3 is 2.36 bits per heavy atom. The monoisotopic (exact) mass is 331 g/mol. The molecule has 0 saturated carbocycles. The molecule has 4 nitrogen and oxygen atoms in total. The zero-order chi connectivity index (χ0) is 17.1. The highest BCUT2D eigenvalue weighted by Crippen LogP contribution is 2.35. The second-order valence-electron chi connectivity index (χ2n) is 5.81. The summed E-state index contributed by atoms with van der Waals surface area (Å²) in [5.74, 6) is 1.43. The fourth-order valence-corrected chi connectivity index (χ4v) is 2.77. The van der Waals surface area contributed by atoms with Gasteiger partial charge in [-0.2, -0.15) is 0 Å². The molecule has 0 unspecified atom stereocenters. The smallest absolute Gasteiger partial charge is 0.251 e. The van der Waals surface area contributed by atoms with Crippen molar-refractivity contribution in [3.63, 3.8) is 0 Å². The molecular weight excluding hydrogens is 314 g/mol. The number of carbonyl (C=O) groups is 1. The van der Waals surface area contributed by atoms with E-state index in [1.54, 1.807) is 0 Å². The summed E-state index contributed by atoms with van der Waals surface area (Å²) in [7, 11) is 0. The Morgan fingerprint density at radius 2 is 1.56 bits per heavy atom. The summed E-state index contributed by atoms with van der Waals surface area (Å²) >= 11 is 0. The zero-order valence-corrected chi connectivity index (χ0v) is 13.6. The Kier molecular flexibility index (Phi) is 4.09. The summed E-state index contributed by atoms with van der Waals surface area (Å²) in [5, 5.41) is 2.93. The molecule has 1 amide bonds. The highest BCUT2D eigenvalue weighted by Gasteiger charge is 2.14. The molecule has 0 bridgehead atoms. The number of fused-ring (bicyclic) bond motifs is 1. The van der Waals surface area contributed by atoms with Crippen LogP contribution in [0.3, 0.4) is 0 Å². The van der Waals surface area contributed by atoms with Gasteiger partial charge in [0.25, 0.3) is 5.91 Å². The lowest BCUT2D eigenvalue weighted by Crippen LogP contribution is -2.22. The molecule has 4 heteroatoms. The highest BCUT2D eigenvalue weighted by atomic mass is 16.7. The average Bonchev–Trinajstić information content (AvgIpc) is 3.15. The van der Waals surface area contributed by atoms with Gasteiger partial charge in [-0.15, -0.1) is 0 Å². The highest BCUT2D eigenvalue weighted by molar-refractivity contribution is 5.94. The van der Waals surface area contributed by atoms with E-state index in [2.05, 4.69) is 5.32 Å². The van der Waals surface area contributed by atoms with Crippen molar-refractivity contribution in [3.8, 4) is 22.6 Å². The molecule has 0 aliphatic carbocycles. The first-order valence-corrected chi connectivity index (χ1v) is 8.12. The summed E-state index contributed by atoms with van der Waals surface area (Å²) in [5.41, 5.74) is 3.77. The van der Waals surface area contributed by atoms with Gasteiger partial charge in [0, 0.05) is 12.1 Å². The minimum Gasteiger partial charge on any atom is -0.454 e. The summed E-state index contributed by atoms with van der Waals surface area (Å²) in [6.07, 6.45) is 0. The van der Waals surface area contributed by atoms with E-state index in [0.717, 1.165) is 28.2 Å². The van der Waals surface area contributed by atoms with Gasteiger partial charge in [-0.3, -0.25) is 4.79 Å². The van der Waals surface area contributed by atoms with Gasteiger partial charge < -0.3 is 14.8 Å². The number of hydrogen-bond donors (Lipinski definition) is 1. The van der Waals surface area contributed by atoms with E-state index < -0.39 is 0 Å². The summed E-state index contributed by atoms with van der Waals surface area (Å²) < 4.78 is 10.7. The van der Waals surface area contributed by atoms with Crippen LogP contribution in [0.15, 0.2) is 72.8 Å². The fraction of sp³-hybridized carbons (Fsp3) is 0.0952. The average molecular weight is 331 g/mol. The van der Waals surface area contributed by atoms with Crippen LogP contribution < -0.4 is 14.8 Å². The molecule has 1 heterocycles. The van der Waals surface area contributed by atoms with E-state index in [1.165, 1.54) is 0 Å². The molecule has 0 saturated heterocycles. The van der Waals surface area contributed by atoms with Crippen LogP contribution in [0.1, 0.15) is 15.9 Å². The Morgan fingerprint density at radius 1 is 0.840 bits per heavy atom. The minimum atomic E-state index is -0.0823. The maximum atomic E-state index is 12.3. The lowest BCUT2D eigenvalue weighted by atomic mass is 10.0. The molecule has 124 valence electrons. The van der Waals surface area contributed by atoms with Gasteiger partial charge in [0.05, 0.1) is 0 Å². The lowest BCUT2D eigenvalue weighted by molar-refractivity contribution is 0.0951. The molecule has 1 aliphatic rings. The molecule has 0 aromatic heterocycles. The van der Waals surface area contributed by atoms with Crippen LogP contribution in [0, 0.1) is 0 Å². The number of benzene rings is 3. The Bertz CT molecular complexity index is 889. The van der Waals surface area contributed by atoms with Crippen LogP contribution >= 0.6 is 0 Å². The first kappa shape index (κ1) is 15.3. The first-order chi connectivity index (χ1) is 12.3. The number of carbonyl (C=O) groups excluding carboxylic acids is 1. The molecule has 0 radical (unpaired) electrons. The van der Waals surface area contributed by atoms with Crippen LogP contribution in [0.25, 0.3) is 11.1 Å². The normalized spacial score (nSPS) is 12.0. The number of rotatable bonds is 4. The van der Waals surface area contributed by atoms with Gasteiger partial charge in [-0.1, -0.05) is 48.5 Å². The van der Waals surface area contributed by atoms with Gasteiger partial charge in [-0.25, -0.2) is 0 Å². The van der Waals surface area contributed by atoms with Crippen LogP contribution in [0.2, 0.25) is 0 Å². The Balaban J connectivity index is 1.45. The summed E-state index contributed by atoms with van der Waals surface area (Å²) in [4.78, 5) is 12.3. The second-order valence-corrected chi connectivity index (χ2v) is 5.81. The van der Waals surface area contributed by atoms with Gasteiger partial charge in [0.1, 0.15) is 0 Å². The van der Waals surface area contributed by atoms with Crippen molar-refractivity contribution >= 4 is 5.91 Å². The predicted octanol–water partition coefficient (Wildman–Crippen LogP) is 4.01. The van der Waals surface area contributed by atoms with Crippen LogP contribution in [-0.2, 0) is 6.54 Å². The third-order valence-electron chi connectivity index (χ3n) is 4.15. The maximum absolute atomic E-state index is 12.3. The van der Waals surface area contributed by atoms with E-state index >= 15 is 0 Å². The zero-order valence-electron chi connectivity index (χ0n) is 13.6. The van der Waals surface area contributed by atoms with Crippen LogP contribution in [-0.4, -0.2) is 12.7 Å². The van der Waals surface area contributed by atoms with E-state index in [1.807, 2.05) is 72.8 Å². The van der Waals surface area contributed by atoms with Crippen molar-refractivity contribution in [1.29, 1.82) is 0 Å². The first-order valence-electron chi connectivity index (χ1n) is 8.12. The molecule has 25 heavy (non-hydrogen) atoms. The Labute approximate surface area is 146 Å². The maximum Gasteiger partial charge on any atom is 0.251 e. The topological polar surface area (TPSA) is 47.6 Å². The molecule has 0 fully saturated rings. The molecule has 3 aromatic carbocycles. The van der Waals surface area contributed by atoms with Gasteiger partial charge in [0.2, 0.25) is 6.79 Å². The molecule has 4 rings (SSSR count). The van der Waals surface area contributed by atoms with E-state index in [4.69, 9.17) is 9.47 Å². The number of hydrogen-bond acceptors (Lipinski definition) is 3. The lowest BCUT2D eigenvalue weighted by Gasteiger charge is -2.07. The quantitative estimate of drug-likeness (QED) is 0.786. The van der Waals surface area contributed by atoms with E-state index in [9.17, 15) is 4.79 Å². The van der Waals surface area contributed by atoms with Gasteiger partial charge >= 0.3 is 0 Å². The molecule has 0 spiro atoms. The van der Waals surface area contributed by atoms with Gasteiger partial charge in [0.15, 0.2) is 11.5 Å². The predicted molar refractivity (Wildman–Crippen MR) is 95.6 cm³/mol. The van der Waals surface area contributed by atoms with Crippen molar-refractivity contribution < 1.29 is 14.3 Å². The molecule has 1 N–H and O–H groups in total. The number of amides is 1. The van der Waals surface area contributed by atoms with Crippen molar-refractivity contribution in [2.24, 2.45) is 0 Å². The molecule has 1 aliphatic heterocycles. The fourth-order valence-electron chi connectivity index (χ4n) is 2.77. The number of nitrogens with one attached hydrogen (secondary N) is 1.